The summed E-state index contributed by atoms with van der Waals surface area (Å²) in [6.45, 7) is 16.2. The van der Waals surface area contributed by atoms with Gasteiger partial charge in [0.25, 0.3) is 0 Å². The Kier molecular flexibility index (Phi) is 9.18. The van der Waals surface area contributed by atoms with Crippen LogP contribution < -0.4 is 18.9 Å². The monoisotopic (exact) mass is 564 g/mol. The molecule has 3 aromatic carbocycles. The van der Waals surface area contributed by atoms with Crippen molar-refractivity contribution in [1.29, 1.82) is 0 Å². The van der Waals surface area contributed by atoms with Gasteiger partial charge in [0.15, 0.2) is 31.3 Å². The topological polar surface area (TPSA) is 66.4 Å². The Hall–Kier alpha value is -3.00. The normalized spacial score (nSPS) is 16.2. The number of rotatable bonds is 11. The molecule has 1 aliphatic rings. The Labute approximate surface area is 240 Å². The third-order valence-electron chi connectivity index (χ3n) is 8.52. The van der Waals surface area contributed by atoms with Crippen molar-refractivity contribution in [3.05, 3.63) is 83.4 Å². The van der Waals surface area contributed by atoms with E-state index in [9.17, 15) is 5.11 Å². The maximum atomic E-state index is 11.5. The quantitative estimate of drug-likeness (QED) is 0.238. The molecule has 0 aliphatic carbocycles. The first-order chi connectivity index (χ1) is 18.9. The van der Waals surface area contributed by atoms with Gasteiger partial charge in [-0.15, -0.1) is 0 Å². The molecular formula is C33H44O6Si. The van der Waals surface area contributed by atoms with Crippen LogP contribution in [0.1, 0.15) is 63.5 Å². The van der Waals surface area contributed by atoms with Crippen LogP contribution in [0.2, 0.25) is 18.1 Å². The molecule has 6 nitrogen and oxygen atoms in total. The highest BCUT2D eigenvalue weighted by atomic mass is 28.4. The first-order valence-electron chi connectivity index (χ1n) is 14.0. The zero-order valence-corrected chi connectivity index (χ0v) is 26.1. The predicted octanol–water partition coefficient (Wildman–Crippen LogP) is 8.07. The fourth-order valence-corrected chi connectivity index (χ4v) is 5.99. The summed E-state index contributed by atoms with van der Waals surface area (Å²) in [5.74, 6) is 2.58. The molecule has 216 valence electrons. The largest absolute Gasteiger partial charge is 0.493 e. The van der Waals surface area contributed by atoms with Crippen molar-refractivity contribution >= 4 is 8.32 Å². The summed E-state index contributed by atoms with van der Waals surface area (Å²) >= 11 is 0. The summed E-state index contributed by atoms with van der Waals surface area (Å²) in [7, 11) is -0.518. The minimum Gasteiger partial charge on any atom is -0.493 e. The SMILES string of the molecule is COc1cc([C@@H](O[Si](C)(C)C(C)(C)C)[C@H](C)[C@H](C)[C@@H](O)c2ccc3c(c2)OCO3)ccc1OCc1ccccc1. The summed E-state index contributed by atoms with van der Waals surface area (Å²) in [5, 5.41) is 11.5. The second-order valence-electron chi connectivity index (χ2n) is 12.3. The molecular weight excluding hydrogens is 520 g/mol. The maximum Gasteiger partial charge on any atom is 0.231 e. The third kappa shape index (κ3) is 6.65. The molecule has 0 unspecified atom stereocenters. The highest BCUT2D eigenvalue weighted by molar-refractivity contribution is 6.74. The number of aliphatic hydroxyl groups excluding tert-OH is 1. The molecule has 0 aromatic heterocycles. The summed E-state index contributed by atoms with van der Waals surface area (Å²) < 4.78 is 30.0. The van der Waals surface area contributed by atoms with Gasteiger partial charge in [-0.25, -0.2) is 0 Å². The fraction of sp³-hybridized carbons (Fsp3) is 0.455. The maximum absolute atomic E-state index is 11.5. The van der Waals surface area contributed by atoms with E-state index in [0.717, 1.165) is 16.7 Å². The van der Waals surface area contributed by atoms with E-state index in [0.29, 0.717) is 29.6 Å². The van der Waals surface area contributed by atoms with E-state index in [1.807, 2.05) is 60.7 Å². The fourth-order valence-electron chi connectivity index (χ4n) is 4.65. The van der Waals surface area contributed by atoms with Gasteiger partial charge in [0, 0.05) is 0 Å². The zero-order chi connectivity index (χ0) is 29.1. The van der Waals surface area contributed by atoms with Crippen molar-refractivity contribution < 1.29 is 28.5 Å². The van der Waals surface area contributed by atoms with E-state index in [1.54, 1.807) is 7.11 Å². The summed E-state index contributed by atoms with van der Waals surface area (Å²) in [6.07, 6.45) is -0.956. The number of ether oxygens (including phenoxy) is 4. The van der Waals surface area contributed by atoms with Crippen LogP contribution in [0.5, 0.6) is 23.0 Å². The van der Waals surface area contributed by atoms with E-state index in [1.165, 1.54) is 0 Å². The lowest BCUT2D eigenvalue weighted by atomic mass is 9.81. The lowest BCUT2D eigenvalue weighted by molar-refractivity contribution is 0.0265. The Morgan fingerprint density at radius 2 is 1.52 bits per heavy atom. The Morgan fingerprint density at radius 3 is 2.20 bits per heavy atom. The summed E-state index contributed by atoms with van der Waals surface area (Å²) in [6, 6.07) is 21.8. The zero-order valence-electron chi connectivity index (χ0n) is 25.1. The Balaban J connectivity index is 1.63. The Morgan fingerprint density at radius 1 is 0.850 bits per heavy atom. The van der Waals surface area contributed by atoms with Gasteiger partial charge >= 0.3 is 0 Å². The van der Waals surface area contributed by atoms with Crippen molar-refractivity contribution in [1.82, 2.24) is 0 Å². The second kappa shape index (κ2) is 12.2. The summed E-state index contributed by atoms with van der Waals surface area (Å²) in [5.41, 5.74) is 2.90. The highest BCUT2D eigenvalue weighted by Crippen LogP contribution is 2.46. The average molecular weight is 565 g/mol. The molecule has 1 aliphatic heterocycles. The van der Waals surface area contributed by atoms with Crippen molar-refractivity contribution in [2.24, 2.45) is 11.8 Å². The molecule has 7 heteroatoms. The average Bonchev–Trinajstić information content (AvgIpc) is 3.41. The van der Waals surface area contributed by atoms with Gasteiger partial charge in [-0.05, 0) is 70.9 Å². The van der Waals surface area contributed by atoms with Crippen LogP contribution in [-0.2, 0) is 11.0 Å². The number of aliphatic hydroxyl groups is 1. The molecule has 0 amide bonds. The van der Waals surface area contributed by atoms with Crippen molar-refractivity contribution in [3.63, 3.8) is 0 Å². The van der Waals surface area contributed by atoms with Crippen molar-refractivity contribution in [2.75, 3.05) is 13.9 Å². The van der Waals surface area contributed by atoms with Crippen LogP contribution in [0.4, 0.5) is 0 Å². The highest BCUT2D eigenvalue weighted by Gasteiger charge is 2.42. The van der Waals surface area contributed by atoms with Crippen LogP contribution >= 0.6 is 0 Å². The van der Waals surface area contributed by atoms with E-state index in [-0.39, 0.29) is 29.8 Å². The first kappa shape index (κ1) is 30.0. The smallest absolute Gasteiger partial charge is 0.231 e. The lowest BCUT2D eigenvalue weighted by Gasteiger charge is -2.42. The Bertz CT molecular complexity index is 1270. The standard InChI is InChI=1S/C33H44O6Si/c1-22(31(34)25-14-16-28-30(18-25)38-21-37-28)23(2)32(39-40(7,8)33(3,4)5)26-15-17-27(29(19-26)35-6)36-20-24-12-10-9-11-13-24/h9-19,22-23,31-32,34H,20-21H2,1-8H3/t22-,23+,31+,32-/m0/s1. The van der Waals surface area contributed by atoms with E-state index in [4.69, 9.17) is 23.4 Å². The molecule has 1 N–H and O–H groups in total. The van der Waals surface area contributed by atoms with Crippen LogP contribution in [0.25, 0.3) is 0 Å². The molecule has 1 heterocycles. The number of fused-ring (bicyclic) bond motifs is 1. The number of hydrogen-bond acceptors (Lipinski definition) is 6. The summed E-state index contributed by atoms with van der Waals surface area (Å²) in [4.78, 5) is 0. The molecule has 3 aromatic rings. The second-order valence-corrected chi connectivity index (χ2v) is 17.0. The molecule has 0 radical (unpaired) electrons. The van der Waals surface area contributed by atoms with Gasteiger partial charge in [0.05, 0.1) is 19.3 Å². The van der Waals surface area contributed by atoms with Gasteiger partial charge in [0.2, 0.25) is 6.79 Å². The van der Waals surface area contributed by atoms with E-state index in [2.05, 4.69) is 53.8 Å². The first-order valence-corrected chi connectivity index (χ1v) is 16.9. The third-order valence-corrected chi connectivity index (χ3v) is 13.0. The van der Waals surface area contributed by atoms with Gasteiger partial charge < -0.3 is 28.5 Å². The number of benzene rings is 3. The van der Waals surface area contributed by atoms with Gasteiger partial charge in [-0.3, -0.25) is 0 Å². The van der Waals surface area contributed by atoms with Gasteiger partial charge in [-0.2, -0.15) is 0 Å². The van der Waals surface area contributed by atoms with Crippen LogP contribution in [0, 0.1) is 11.8 Å². The van der Waals surface area contributed by atoms with E-state index < -0.39 is 14.4 Å². The lowest BCUT2D eigenvalue weighted by Crippen LogP contribution is -2.43. The predicted molar refractivity (Wildman–Crippen MR) is 161 cm³/mol. The molecule has 0 bridgehead atoms. The van der Waals surface area contributed by atoms with Gasteiger partial charge in [0.1, 0.15) is 6.61 Å². The number of hydrogen-bond donors (Lipinski definition) is 1. The molecule has 0 saturated carbocycles. The molecule has 0 fully saturated rings. The van der Waals surface area contributed by atoms with Crippen molar-refractivity contribution in [3.8, 4) is 23.0 Å². The molecule has 0 spiro atoms. The molecule has 4 atom stereocenters. The van der Waals surface area contributed by atoms with Crippen LogP contribution in [-0.4, -0.2) is 27.3 Å². The molecule has 4 rings (SSSR count). The van der Waals surface area contributed by atoms with Crippen LogP contribution in [0.3, 0.4) is 0 Å². The molecule has 0 saturated heterocycles. The van der Waals surface area contributed by atoms with E-state index >= 15 is 0 Å². The minimum absolute atomic E-state index is 0.0182. The van der Waals surface area contributed by atoms with Gasteiger partial charge in [-0.1, -0.05) is 77.1 Å². The van der Waals surface area contributed by atoms with Crippen LogP contribution in [0.15, 0.2) is 66.7 Å². The van der Waals surface area contributed by atoms with Crippen molar-refractivity contribution in [2.45, 2.75) is 71.6 Å². The minimum atomic E-state index is -2.18. The number of methoxy groups -OCH3 is 1. The molecule has 40 heavy (non-hydrogen) atoms.